The Morgan fingerprint density at radius 1 is 1.13 bits per heavy atom. The molecule has 1 unspecified atom stereocenters. The number of nitrogens with one attached hydrogen (secondary N) is 1. The molecule has 0 aliphatic carbocycles. The van der Waals surface area contributed by atoms with E-state index in [1.807, 2.05) is 54.7 Å². The van der Waals surface area contributed by atoms with Crippen LogP contribution in [-0.4, -0.2) is 23.3 Å². The maximum atomic E-state index is 12.7. The molecule has 3 aromatic rings. The fourth-order valence-corrected chi connectivity index (χ4v) is 4.39. The second kappa shape index (κ2) is 9.32. The van der Waals surface area contributed by atoms with Gasteiger partial charge in [-0.15, -0.1) is 11.8 Å². The first-order valence-electron chi connectivity index (χ1n) is 9.57. The second-order valence-corrected chi connectivity index (χ2v) is 8.48. The van der Waals surface area contributed by atoms with Crippen LogP contribution in [0.5, 0.6) is 0 Å². The van der Waals surface area contributed by atoms with E-state index < -0.39 is 5.92 Å². The fraction of sp³-hybridized carbons (Fsp3) is 0.174. The third-order valence-electron chi connectivity index (χ3n) is 4.89. The smallest absolute Gasteiger partial charge is 0.229 e. The zero-order valence-corrected chi connectivity index (χ0v) is 17.7. The molecule has 1 aromatic heterocycles. The Hall–Kier alpha value is -2.83. The average molecular weight is 438 g/mol. The number of halogens is 1. The molecule has 1 aliphatic rings. The summed E-state index contributed by atoms with van der Waals surface area (Å²) in [5.41, 5.74) is 2.53. The summed E-state index contributed by atoms with van der Waals surface area (Å²) in [6, 6.07) is 18.9. The monoisotopic (exact) mass is 437 g/mol. The number of thioether (sulfide) groups is 1. The third kappa shape index (κ3) is 4.83. The Kier molecular flexibility index (Phi) is 6.35. The van der Waals surface area contributed by atoms with Crippen LogP contribution in [-0.2, 0) is 15.3 Å². The van der Waals surface area contributed by atoms with Crippen molar-refractivity contribution in [2.24, 2.45) is 5.92 Å². The van der Waals surface area contributed by atoms with E-state index in [1.165, 1.54) is 0 Å². The van der Waals surface area contributed by atoms with Crippen molar-refractivity contribution in [3.63, 3.8) is 0 Å². The Labute approximate surface area is 184 Å². The molecule has 0 spiro atoms. The largest absolute Gasteiger partial charge is 0.326 e. The molecule has 1 atom stereocenters. The number of rotatable bonds is 6. The van der Waals surface area contributed by atoms with E-state index in [9.17, 15) is 9.59 Å². The normalized spacial score (nSPS) is 16.0. The quantitative estimate of drug-likeness (QED) is 0.550. The van der Waals surface area contributed by atoms with Crippen molar-refractivity contribution < 1.29 is 9.59 Å². The molecule has 5 nitrogen and oxygen atoms in total. The topological polar surface area (TPSA) is 62.3 Å². The zero-order chi connectivity index (χ0) is 20.9. The van der Waals surface area contributed by atoms with Crippen molar-refractivity contribution in [2.75, 3.05) is 16.8 Å². The van der Waals surface area contributed by atoms with Gasteiger partial charge in [-0.3, -0.25) is 14.6 Å². The van der Waals surface area contributed by atoms with Gasteiger partial charge in [0.1, 0.15) is 0 Å². The predicted octanol–water partition coefficient (Wildman–Crippen LogP) is 5.02. The zero-order valence-electron chi connectivity index (χ0n) is 16.1. The Morgan fingerprint density at radius 2 is 1.93 bits per heavy atom. The minimum absolute atomic E-state index is 0.0922. The number of aromatic nitrogens is 1. The molecule has 2 amide bonds. The molecule has 30 heavy (non-hydrogen) atoms. The standard InChI is InChI=1S/C23H20ClN3O2S/c24-20-5-1-2-6-21(20)27-14-17(12-22(27)28)23(29)26-18-7-9-19(10-8-18)30-15-16-4-3-11-25-13-16/h1-11,13,17H,12,14-15H2,(H,26,29). The van der Waals surface area contributed by atoms with Crippen LogP contribution < -0.4 is 10.2 Å². The van der Waals surface area contributed by atoms with Crippen molar-refractivity contribution in [1.29, 1.82) is 0 Å². The van der Waals surface area contributed by atoms with E-state index in [4.69, 9.17) is 11.6 Å². The molecule has 0 saturated carbocycles. The van der Waals surface area contributed by atoms with Gasteiger partial charge in [0.05, 0.1) is 16.6 Å². The molecule has 0 bridgehead atoms. The molecule has 1 N–H and O–H groups in total. The Balaban J connectivity index is 1.34. The average Bonchev–Trinajstić information content (AvgIpc) is 3.16. The van der Waals surface area contributed by atoms with Crippen LogP contribution in [0.3, 0.4) is 0 Å². The van der Waals surface area contributed by atoms with Gasteiger partial charge in [-0.05, 0) is 48.0 Å². The number of hydrogen-bond acceptors (Lipinski definition) is 4. The van der Waals surface area contributed by atoms with Crippen molar-refractivity contribution >= 4 is 46.6 Å². The van der Waals surface area contributed by atoms with E-state index in [2.05, 4.69) is 10.3 Å². The SMILES string of the molecule is O=C(Nc1ccc(SCc2cccnc2)cc1)C1CC(=O)N(c2ccccc2Cl)C1. The molecule has 1 fully saturated rings. The van der Waals surface area contributed by atoms with Gasteiger partial charge in [-0.25, -0.2) is 0 Å². The molecule has 7 heteroatoms. The number of para-hydroxylation sites is 1. The third-order valence-corrected chi connectivity index (χ3v) is 6.29. The lowest BCUT2D eigenvalue weighted by Gasteiger charge is -2.18. The summed E-state index contributed by atoms with van der Waals surface area (Å²) in [6.07, 6.45) is 3.80. The first-order chi connectivity index (χ1) is 14.6. The number of carbonyl (C=O) groups excluding carboxylic acids is 2. The fourth-order valence-electron chi connectivity index (χ4n) is 3.32. The van der Waals surface area contributed by atoms with E-state index in [-0.39, 0.29) is 18.2 Å². The van der Waals surface area contributed by atoms with E-state index in [1.54, 1.807) is 35.0 Å². The van der Waals surface area contributed by atoms with Crippen LogP contribution in [0.25, 0.3) is 0 Å². The predicted molar refractivity (Wildman–Crippen MR) is 121 cm³/mol. The lowest BCUT2D eigenvalue weighted by Crippen LogP contribution is -2.28. The highest BCUT2D eigenvalue weighted by Crippen LogP contribution is 2.31. The highest BCUT2D eigenvalue weighted by atomic mass is 35.5. The number of carbonyl (C=O) groups is 2. The first kappa shape index (κ1) is 20.4. The number of amides is 2. The minimum Gasteiger partial charge on any atom is -0.326 e. The van der Waals surface area contributed by atoms with Gasteiger partial charge >= 0.3 is 0 Å². The lowest BCUT2D eigenvalue weighted by molar-refractivity contribution is -0.122. The van der Waals surface area contributed by atoms with Gasteiger partial charge in [0.15, 0.2) is 0 Å². The van der Waals surface area contributed by atoms with Crippen LogP contribution in [0.15, 0.2) is 78.0 Å². The first-order valence-corrected chi connectivity index (χ1v) is 10.9. The van der Waals surface area contributed by atoms with Crippen molar-refractivity contribution in [1.82, 2.24) is 4.98 Å². The molecule has 152 valence electrons. The summed E-state index contributed by atoms with van der Waals surface area (Å²) >= 11 is 7.92. The summed E-state index contributed by atoms with van der Waals surface area (Å²) in [6.45, 7) is 0.327. The molecule has 2 aromatic carbocycles. The molecular weight excluding hydrogens is 418 g/mol. The summed E-state index contributed by atoms with van der Waals surface area (Å²) in [5, 5.41) is 3.43. The van der Waals surface area contributed by atoms with E-state index in [0.717, 1.165) is 21.9 Å². The molecule has 1 aliphatic heterocycles. The maximum absolute atomic E-state index is 12.7. The molecule has 0 radical (unpaired) electrons. The van der Waals surface area contributed by atoms with Gasteiger partial charge in [-0.2, -0.15) is 0 Å². The maximum Gasteiger partial charge on any atom is 0.229 e. The van der Waals surface area contributed by atoms with Crippen LogP contribution >= 0.6 is 23.4 Å². The van der Waals surface area contributed by atoms with Gasteiger partial charge in [-0.1, -0.05) is 29.8 Å². The Morgan fingerprint density at radius 3 is 2.67 bits per heavy atom. The van der Waals surface area contributed by atoms with Gasteiger partial charge in [0.25, 0.3) is 0 Å². The number of benzene rings is 2. The van der Waals surface area contributed by atoms with Gasteiger partial charge < -0.3 is 10.2 Å². The summed E-state index contributed by atoms with van der Waals surface area (Å²) < 4.78 is 0. The van der Waals surface area contributed by atoms with Crippen molar-refractivity contribution in [3.8, 4) is 0 Å². The number of anilines is 2. The molecule has 4 rings (SSSR count). The highest BCUT2D eigenvalue weighted by molar-refractivity contribution is 7.98. The number of nitrogens with zero attached hydrogens (tertiary/aromatic N) is 2. The second-order valence-electron chi connectivity index (χ2n) is 7.02. The molecular formula is C23H20ClN3O2S. The summed E-state index contributed by atoms with van der Waals surface area (Å²) in [4.78, 5) is 31.9. The summed E-state index contributed by atoms with van der Waals surface area (Å²) in [7, 11) is 0. The molecule has 1 saturated heterocycles. The van der Waals surface area contributed by atoms with Crippen LogP contribution in [0, 0.1) is 5.92 Å². The highest BCUT2D eigenvalue weighted by Gasteiger charge is 2.35. The van der Waals surface area contributed by atoms with E-state index in [0.29, 0.717) is 17.3 Å². The summed E-state index contributed by atoms with van der Waals surface area (Å²) in [5.74, 6) is 0.175. The number of hydrogen-bond donors (Lipinski definition) is 1. The lowest BCUT2D eigenvalue weighted by atomic mass is 10.1. The van der Waals surface area contributed by atoms with Gasteiger partial charge in [0, 0.05) is 41.7 Å². The van der Waals surface area contributed by atoms with Crippen LogP contribution in [0.4, 0.5) is 11.4 Å². The Bertz CT molecular complexity index is 1040. The van der Waals surface area contributed by atoms with Crippen LogP contribution in [0.1, 0.15) is 12.0 Å². The van der Waals surface area contributed by atoms with Gasteiger partial charge in [0.2, 0.25) is 11.8 Å². The van der Waals surface area contributed by atoms with Crippen molar-refractivity contribution in [2.45, 2.75) is 17.1 Å². The number of pyridine rings is 1. The van der Waals surface area contributed by atoms with Crippen LogP contribution in [0.2, 0.25) is 5.02 Å². The molecule has 2 heterocycles. The van der Waals surface area contributed by atoms with Crippen molar-refractivity contribution in [3.05, 3.63) is 83.6 Å². The minimum atomic E-state index is -0.409. The van der Waals surface area contributed by atoms with E-state index >= 15 is 0 Å².